The van der Waals surface area contributed by atoms with E-state index >= 15 is 0 Å². The van der Waals surface area contributed by atoms with Crippen LogP contribution in [-0.2, 0) is 4.74 Å². The standard InChI is InChI=1S/C25H27FN2O2/c1-5-24(27-15-17(2)3)22-11-10-19(14-23(22)26)20-8-6-7-9-21(20)25(29)28-12-13-30-16-18(28)4/h5-11,14-15,18H,2,12-13,16H2,1,3-4H3/b24-5-,27-15-/t18-/m0/s1. The molecule has 5 heteroatoms. The maximum absolute atomic E-state index is 15.0. The van der Waals surface area contributed by atoms with Crippen LogP contribution in [0.2, 0.25) is 0 Å². The van der Waals surface area contributed by atoms with Crippen LogP contribution < -0.4 is 0 Å². The Morgan fingerprint density at radius 2 is 2.03 bits per heavy atom. The Bertz CT molecular complexity index is 1010. The molecule has 0 radical (unpaired) electrons. The summed E-state index contributed by atoms with van der Waals surface area (Å²) in [7, 11) is 0. The van der Waals surface area contributed by atoms with Crippen LogP contribution in [0.25, 0.3) is 16.8 Å². The van der Waals surface area contributed by atoms with Crippen molar-refractivity contribution in [1.29, 1.82) is 0 Å². The summed E-state index contributed by atoms with van der Waals surface area (Å²) in [5.41, 5.74) is 3.65. The summed E-state index contributed by atoms with van der Waals surface area (Å²) in [6, 6.07) is 12.3. The largest absolute Gasteiger partial charge is 0.377 e. The highest BCUT2D eigenvalue weighted by molar-refractivity contribution is 6.01. The molecule has 0 spiro atoms. The summed E-state index contributed by atoms with van der Waals surface area (Å²) in [5.74, 6) is -0.451. The van der Waals surface area contributed by atoms with Crippen LogP contribution in [-0.4, -0.2) is 42.8 Å². The maximum atomic E-state index is 15.0. The maximum Gasteiger partial charge on any atom is 0.254 e. The number of amides is 1. The van der Waals surface area contributed by atoms with Gasteiger partial charge in [0.25, 0.3) is 5.91 Å². The summed E-state index contributed by atoms with van der Waals surface area (Å²) in [4.78, 5) is 19.3. The van der Waals surface area contributed by atoms with Crippen molar-refractivity contribution in [2.75, 3.05) is 19.8 Å². The van der Waals surface area contributed by atoms with Gasteiger partial charge in [-0.05, 0) is 55.7 Å². The lowest BCUT2D eigenvalue weighted by Gasteiger charge is -2.33. The van der Waals surface area contributed by atoms with Gasteiger partial charge in [-0.15, -0.1) is 0 Å². The van der Waals surface area contributed by atoms with Crippen molar-refractivity contribution in [3.63, 3.8) is 0 Å². The van der Waals surface area contributed by atoms with Crippen LogP contribution in [0.1, 0.15) is 36.7 Å². The van der Waals surface area contributed by atoms with E-state index in [1.165, 1.54) is 6.07 Å². The fourth-order valence-electron chi connectivity index (χ4n) is 3.47. The molecule has 1 heterocycles. The molecule has 4 nitrogen and oxygen atoms in total. The van der Waals surface area contributed by atoms with Crippen molar-refractivity contribution in [2.24, 2.45) is 4.99 Å². The highest BCUT2D eigenvalue weighted by Gasteiger charge is 2.26. The molecule has 30 heavy (non-hydrogen) atoms. The predicted octanol–water partition coefficient (Wildman–Crippen LogP) is 5.36. The molecule has 1 atom stereocenters. The number of hydrogen-bond acceptors (Lipinski definition) is 3. The van der Waals surface area contributed by atoms with E-state index in [0.29, 0.717) is 47.7 Å². The first-order chi connectivity index (χ1) is 14.4. The number of nitrogens with zero attached hydrogens (tertiary/aromatic N) is 2. The van der Waals surface area contributed by atoms with Crippen LogP contribution in [0.4, 0.5) is 4.39 Å². The molecular weight excluding hydrogens is 379 g/mol. The molecule has 3 rings (SSSR count). The zero-order valence-electron chi connectivity index (χ0n) is 17.7. The molecular formula is C25H27FN2O2. The van der Waals surface area contributed by atoms with Crippen LogP contribution in [0, 0.1) is 5.82 Å². The van der Waals surface area contributed by atoms with Gasteiger partial charge in [0.2, 0.25) is 0 Å². The Morgan fingerprint density at radius 3 is 2.70 bits per heavy atom. The fraction of sp³-hybridized carbons (Fsp3) is 0.280. The number of hydrogen-bond donors (Lipinski definition) is 0. The van der Waals surface area contributed by atoms with Gasteiger partial charge in [-0.3, -0.25) is 9.79 Å². The molecule has 0 saturated carbocycles. The first-order valence-electron chi connectivity index (χ1n) is 10.1. The fourth-order valence-corrected chi connectivity index (χ4v) is 3.47. The van der Waals surface area contributed by atoms with Crippen LogP contribution in [0.5, 0.6) is 0 Å². The minimum absolute atomic E-state index is 0.00171. The van der Waals surface area contributed by atoms with E-state index in [1.54, 1.807) is 24.4 Å². The van der Waals surface area contributed by atoms with Crippen molar-refractivity contribution >= 4 is 17.8 Å². The van der Waals surface area contributed by atoms with Gasteiger partial charge >= 0.3 is 0 Å². The van der Waals surface area contributed by atoms with E-state index in [9.17, 15) is 9.18 Å². The quantitative estimate of drug-likeness (QED) is 0.627. The van der Waals surface area contributed by atoms with Crippen molar-refractivity contribution in [3.8, 4) is 11.1 Å². The van der Waals surface area contributed by atoms with Gasteiger partial charge in [-0.25, -0.2) is 4.39 Å². The van der Waals surface area contributed by atoms with Crippen molar-refractivity contribution in [1.82, 2.24) is 4.90 Å². The van der Waals surface area contributed by atoms with Crippen LogP contribution in [0.15, 0.2) is 65.7 Å². The SMILES string of the molecule is C=C(C)/C=N\C(=C/C)c1ccc(-c2ccccc2C(=O)N2CCOC[C@@H]2C)cc1F. The van der Waals surface area contributed by atoms with Gasteiger partial charge in [0.05, 0.1) is 25.0 Å². The third-order valence-electron chi connectivity index (χ3n) is 5.04. The molecule has 0 N–H and O–H groups in total. The number of ether oxygens (including phenoxy) is 1. The van der Waals surface area contributed by atoms with Gasteiger partial charge in [-0.1, -0.05) is 36.9 Å². The number of carbonyl (C=O) groups excluding carboxylic acids is 1. The smallest absolute Gasteiger partial charge is 0.254 e. The number of carbonyl (C=O) groups is 1. The second kappa shape index (κ2) is 9.63. The molecule has 2 aromatic carbocycles. The minimum atomic E-state index is -0.388. The number of rotatable bonds is 5. The molecule has 1 saturated heterocycles. The molecule has 156 valence electrons. The highest BCUT2D eigenvalue weighted by Crippen LogP contribution is 2.29. The molecule has 1 amide bonds. The Morgan fingerprint density at radius 1 is 1.27 bits per heavy atom. The second-order valence-corrected chi connectivity index (χ2v) is 7.44. The van der Waals surface area contributed by atoms with E-state index in [-0.39, 0.29) is 17.8 Å². The molecule has 0 unspecified atom stereocenters. The minimum Gasteiger partial charge on any atom is -0.377 e. The lowest BCUT2D eigenvalue weighted by molar-refractivity contribution is 0.00364. The second-order valence-electron chi connectivity index (χ2n) is 7.44. The van der Waals surface area contributed by atoms with E-state index in [0.717, 1.165) is 5.57 Å². The van der Waals surface area contributed by atoms with Crippen molar-refractivity contribution in [2.45, 2.75) is 26.8 Å². The molecule has 2 aromatic rings. The molecule has 1 fully saturated rings. The Kier molecular flexibility index (Phi) is 6.95. The van der Waals surface area contributed by atoms with Gasteiger partial charge < -0.3 is 9.64 Å². The lowest BCUT2D eigenvalue weighted by atomic mass is 9.96. The number of morpholine rings is 1. The Hall–Kier alpha value is -3.05. The lowest BCUT2D eigenvalue weighted by Crippen LogP contribution is -2.47. The molecule has 1 aliphatic heterocycles. The van der Waals surface area contributed by atoms with Crippen molar-refractivity contribution < 1.29 is 13.9 Å². The normalized spacial score (nSPS) is 17.4. The van der Waals surface area contributed by atoms with Gasteiger partial charge in [0.15, 0.2) is 0 Å². The Labute approximate surface area is 177 Å². The summed E-state index contributed by atoms with van der Waals surface area (Å²) in [6.45, 7) is 11.0. The van der Waals surface area contributed by atoms with Gasteiger partial charge in [0, 0.05) is 23.9 Å². The third kappa shape index (κ3) is 4.74. The summed E-state index contributed by atoms with van der Waals surface area (Å²) >= 11 is 0. The van der Waals surface area contributed by atoms with Gasteiger partial charge in [-0.2, -0.15) is 0 Å². The molecule has 0 aromatic heterocycles. The highest BCUT2D eigenvalue weighted by atomic mass is 19.1. The van der Waals surface area contributed by atoms with E-state index in [2.05, 4.69) is 11.6 Å². The Balaban J connectivity index is 1.96. The zero-order valence-corrected chi connectivity index (χ0v) is 17.7. The average Bonchev–Trinajstić information content (AvgIpc) is 2.74. The number of halogens is 1. The molecule has 0 aliphatic carbocycles. The number of allylic oxidation sites excluding steroid dienone is 2. The van der Waals surface area contributed by atoms with E-state index < -0.39 is 0 Å². The predicted molar refractivity (Wildman–Crippen MR) is 120 cm³/mol. The van der Waals surface area contributed by atoms with Gasteiger partial charge in [0.1, 0.15) is 5.82 Å². The summed E-state index contributed by atoms with van der Waals surface area (Å²) in [6.07, 6.45) is 3.37. The van der Waals surface area contributed by atoms with E-state index in [4.69, 9.17) is 4.74 Å². The number of benzene rings is 2. The zero-order chi connectivity index (χ0) is 21.7. The first-order valence-corrected chi connectivity index (χ1v) is 10.1. The summed E-state index contributed by atoms with van der Waals surface area (Å²) in [5, 5.41) is 0. The number of aliphatic imine (C=N–C) groups is 1. The van der Waals surface area contributed by atoms with Crippen molar-refractivity contribution in [3.05, 3.63) is 77.6 Å². The molecule has 0 bridgehead atoms. The monoisotopic (exact) mass is 406 g/mol. The summed E-state index contributed by atoms with van der Waals surface area (Å²) < 4.78 is 20.4. The average molecular weight is 407 g/mol. The van der Waals surface area contributed by atoms with Crippen LogP contribution in [0.3, 0.4) is 0 Å². The van der Waals surface area contributed by atoms with Crippen LogP contribution >= 0.6 is 0 Å². The topological polar surface area (TPSA) is 41.9 Å². The third-order valence-corrected chi connectivity index (χ3v) is 5.04. The first kappa shape index (κ1) is 21.7. The van der Waals surface area contributed by atoms with E-state index in [1.807, 2.05) is 49.9 Å². The molecule has 1 aliphatic rings.